The summed E-state index contributed by atoms with van der Waals surface area (Å²) in [5.41, 5.74) is 2.18. The fraction of sp³-hybridized carbons (Fsp3) is 0.250. The zero-order valence-corrected chi connectivity index (χ0v) is 8.42. The van der Waals surface area contributed by atoms with Gasteiger partial charge in [-0.2, -0.15) is 0 Å². The Balaban J connectivity index is 2.82. The van der Waals surface area contributed by atoms with E-state index in [0.717, 1.165) is 22.9 Å². The molecule has 0 amide bonds. The molecule has 0 atom stereocenters. The van der Waals surface area contributed by atoms with Crippen LogP contribution in [0.2, 0.25) is 0 Å². The lowest BCUT2D eigenvalue weighted by atomic mass is 10.1. The molecule has 0 spiro atoms. The largest absolute Gasteiger partial charge is 0.326 e. The van der Waals surface area contributed by atoms with Gasteiger partial charge >= 0.3 is 0 Å². The second-order valence-corrected chi connectivity index (χ2v) is 3.56. The highest BCUT2D eigenvalue weighted by atomic mass is 16.1. The minimum absolute atomic E-state index is 0.00246. The molecule has 0 aliphatic carbocycles. The third-order valence-corrected chi connectivity index (χ3v) is 2.45. The van der Waals surface area contributed by atoms with Gasteiger partial charge in [-0.15, -0.1) is 0 Å². The minimum Gasteiger partial charge on any atom is -0.326 e. The molecule has 1 aromatic heterocycles. The topological polar surface area (TPSA) is 32.9 Å². The second-order valence-electron chi connectivity index (χ2n) is 3.56. The van der Waals surface area contributed by atoms with Gasteiger partial charge in [-0.05, 0) is 36.4 Å². The normalized spacial score (nSPS) is 10.7. The maximum atomic E-state index is 11.5. The molecule has 1 N–H and O–H groups in total. The molecule has 2 heteroatoms. The van der Waals surface area contributed by atoms with Gasteiger partial charge in [-0.3, -0.25) is 4.79 Å². The van der Waals surface area contributed by atoms with E-state index >= 15 is 0 Å². The highest BCUT2D eigenvalue weighted by molar-refractivity contribution is 5.82. The van der Waals surface area contributed by atoms with Crippen LogP contribution < -0.4 is 5.56 Å². The Morgan fingerprint density at radius 2 is 2.07 bits per heavy atom. The van der Waals surface area contributed by atoms with Gasteiger partial charge in [0.15, 0.2) is 0 Å². The van der Waals surface area contributed by atoms with E-state index in [1.54, 1.807) is 0 Å². The number of nitrogens with one attached hydrogen (secondary N) is 1. The number of hydrogen-bond donors (Lipinski definition) is 1. The van der Waals surface area contributed by atoms with Crippen LogP contribution in [-0.4, -0.2) is 4.98 Å². The van der Waals surface area contributed by atoms with Crippen LogP contribution in [0.15, 0.2) is 29.1 Å². The number of benzene rings is 1. The van der Waals surface area contributed by atoms with Crippen LogP contribution in [0, 0.1) is 6.92 Å². The molecule has 0 saturated carbocycles. The van der Waals surface area contributed by atoms with Crippen molar-refractivity contribution in [3.8, 4) is 0 Å². The number of fused-ring (bicyclic) bond motifs is 1. The van der Waals surface area contributed by atoms with Crippen molar-refractivity contribution in [2.24, 2.45) is 0 Å². The third-order valence-electron chi connectivity index (χ3n) is 2.45. The molecule has 0 aliphatic heterocycles. The van der Waals surface area contributed by atoms with E-state index in [1.807, 2.05) is 25.1 Å². The van der Waals surface area contributed by atoms with Crippen molar-refractivity contribution < 1.29 is 0 Å². The molecule has 72 valence electrons. The lowest BCUT2D eigenvalue weighted by molar-refractivity contribution is 1.14. The summed E-state index contributed by atoms with van der Waals surface area (Å²) in [6, 6.07) is 7.99. The summed E-state index contributed by atoms with van der Waals surface area (Å²) in [6.07, 6.45) is 1.00. The summed E-state index contributed by atoms with van der Waals surface area (Å²) < 4.78 is 0. The molecule has 1 heterocycles. The Morgan fingerprint density at radius 1 is 1.29 bits per heavy atom. The van der Waals surface area contributed by atoms with Gasteiger partial charge < -0.3 is 4.98 Å². The van der Waals surface area contributed by atoms with E-state index in [2.05, 4.69) is 18.0 Å². The smallest absolute Gasteiger partial charge is 0.256 e. The standard InChI is InChI=1S/C12H13NO/c1-3-9-4-5-11-10(7-9)6-8(2)13-12(11)14/h4-7H,3H2,1-2H3,(H,13,14). The number of hydrogen-bond acceptors (Lipinski definition) is 1. The molecule has 0 fully saturated rings. The van der Waals surface area contributed by atoms with Crippen LogP contribution in [0.1, 0.15) is 18.2 Å². The molecule has 0 saturated heterocycles. The maximum Gasteiger partial charge on any atom is 0.256 e. The first kappa shape index (κ1) is 9.00. The zero-order valence-electron chi connectivity index (χ0n) is 8.42. The minimum atomic E-state index is 0.00246. The van der Waals surface area contributed by atoms with E-state index in [-0.39, 0.29) is 5.56 Å². The first-order chi connectivity index (χ1) is 6.70. The summed E-state index contributed by atoms with van der Waals surface area (Å²) in [5.74, 6) is 0. The van der Waals surface area contributed by atoms with Crippen molar-refractivity contribution in [2.45, 2.75) is 20.3 Å². The predicted octanol–water partition coefficient (Wildman–Crippen LogP) is 2.40. The van der Waals surface area contributed by atoms with Crippen LogP contribution in [-0.2, 0) is 6.42 Å². The zero-order chi connectivity index (χ0) is 10.1. The third kappa shape index (κ3) is 1.43. The molecule has 0 aliphatic rings. The van der Waals surface area contributed by atoms with Crippen molar-refractivity contribution in [1.29, 1.82) is 0 Å². The SMILES string of the molecule is CCc1ccc2c(=O)[nH]c(C)cc2c1. The van der Waals surface area contributed by atoms with Crippen molar-refractivity contribution in [3.63, 3.8) is 0 Å². The van der Waals surface area contributed by atoms with Crippen LogP contribution in [0.5, 0.6) is 0 Å². The summed E-state index contributed by atoms with van der Waals surface area (Å²) >= 11 is 0. The highest BCUT2D eigenvalue weighted by Gasteiger charge is 1.99. The number of pyridine rings is 1. The first-order valence-corrected chi connectivity index (χ1v) is 4.83. The number of aryl methyl sites for hydroxylation is 2. The van der Waals surface area contributed by atoms with Gasteiger partial charge in [-0.25, -0.2) is 0 Å². The average molecular weight is 187 g/mol. The first-order valence-electron chi connectivity index (χ1n) is 4.83. The van der Waals surface area contributed by atoms with Gasteiger partial charge in [0.25, 0.3) is 5.56 Å². The number of rotatable bonds is 1. The van der Waals surface area contributed by atoms with E-state index in [1.165, 1.54) is 5.56 Å². The van der Waals surface area contributed by atoms with Gasteiger partial charge in [0.1, 0.15) is 0 Å². The molecule has 2 aromatic rings. The molecule has 1 aromatic carbocycles. The Morgan fingerprint density at radius 3 is 2.79 bits per heavy atom. The monoisotopic (exact) mass is 187 g/mol. The van der Waals surface area contributed by atoms with Crippen molar-refractivity contribution >= 4 is 10.8 Å². The summed E-state index contributed by atoms with van der Waals surface area (Å²) in [4.78, 5) is 14.3. The Hall–Kier alpha value is -1.57. The summed E-state index contributed by atoms with van der Waals surface area (Å²) in [7, 11) is 0. The number of H-pyrrole nitrogens is 1. The lowest BCUT2D eigenvalue weighted by Crippen LogP contribution is -2.07. The number of aromatic nitrogens is 1. The van der Waals surface area contributed by atoms with Crippen LogP contribution in [0.25, 0.3) is 10.8 Å². The average Bonchev–Trinajstić information content (AvgIpc) is 2.16. The fourth-order valence-electron chi connectivity index (χ4n) is 1.67. The molecule has 0 radical (unpaired) electrons. The van der Waals surface area contributed by atoms with Crippen molar-refractivity contribution in [1.82, 2.24) is 4.98 Å². The summed E-state index contributed by atoms with van der Waals surface area (Å²) in [5, 5.41) is 1.80. The Bertz CT molecular complexity index is 525. The lowest BCUT2D eigenvalue weighted by Gasteiger charge is -2.01. The van der Waals surface area contributed by atoms with Crippen LogP contribution in [0.4, 0.5) is 0 Å². The molecule has 2 rings (SSSR count). The van der Waals surface area contributed by atoms with Gasteiger partial charge in [-0.1, -0.05) is 19.1 Å². The van der Waals surface area contributed by atoms with E-state index in [9.17, 15) is 4.79 Å². The predicted molar refractivity (Wildman–Crippen MR) is 58.7 cm³/mol. The van der Waals surface area contributed by atoms with Gasteiger partial charge in [0, 0.05) is 11.1 Å². The molecule has 0 unspecified atom stereocenters. The number of aromatic amines is 1. The van der Waals surface area contributed by atoms with Gasteiger partial charge in [0.05, 0.1) is 0 Å². The molecule has 2 nitrogen and oxygen atoms in total. The van der Waals surface area contributed by atoms with Crippen LogP contribution >= 0.6 is 0 Å². The van der Waals surface area contributed by atoms with Crippen LogP contribution in [0.3, 0.4) is 0 Å². The Kier molecular flexibility index (Phi) is 2.12. The molecule has 0 bridgehead atoms. The van der Waals surface area contributed by atoms with Gasteiger partial charge in [0.2, 0.25) is 0 Å². The van der Waals surface area contributed by atoms with Crippen molar-refractivity contribution in [3.05, 3.63) is 45.9 Å². The maximum absolute atomic E-state index is 11.5. The molecular weight excluding hydrogens is 174 g/mol. The highest BCUT2D eigenvalue weighted by Crippen LogP contribution is 2.13. The summed E-state index contributed by atoms with van der Waals surface area (Å²) in [6.45, 7) is 4.01. The fourth-order valence-corrected chi connectivity index (χ4v) is 1.67. The second kappa shape index (κ2) is 3.29. The Labute approximate surface area is 82.6 Å². The van der Waals surface area contributed by atoms with E-state index < -0.39 is 0 Å². The van der Waals surface area contributed by atoms with Crippen molar-refractivity contribution in [2.75, 3.05) is 0 Å². The molecular formula is C12H13NO. The quantitative estimate of drug-likeness (QED) is 0.730. The molecule has 14 heavy (non-hydrogen) atoms. The van der Waals surface area contributed by atoms with E-state index in [4.69, 9.17) is 0 Å². The van der Waals surface area contributed by atoms with E-state index in [0.29, 0.717) is 0 Å².